The van der Waals surface area contributed by atoms with Crippen LogP contribution >= 0.6 is 0 Å². The first-order valence-electron chi connectivity index (χ1n) is 6.67. The van der Waals surface area contributed by atoms with Crippen molar-refractivity contribution in [2.75, 3.05) is 0 Å². The van der Waals surface area contributed by atoms with Gasteiger partial charge in [0.2, 0.25) is 0 Å². The molecule has 0 radical (unpaired) electrons. The molecule has 3 heteroatoms. The Bertz CT molecular complexity index is 375. The van der Waals surface area contributed by atoms with Gasteiger partial charge in [0.15, 0.2) is 0 Å². The molecule has 0 fully saturated rings. The van der Waals surface area contributed by atoms with Gasteiger partial charge in [-0.3, -0.25) is 0 Å². The van der Waals surface area contributed by atoms with Crippen LogP contribution in [0.1, 0.15) is 56.7 Å². The Labute approximate surface area is 120 Å². The smallest absolute Gasteiger partial charge is 0.873 e. The second kappa shape index (κ2) is 8.42. The van der Waals surface area contributed by atoms with E-state index in [1.54, 1.807) is 0 Å². The zero-order valence-electron chi connectivity index (χ0n) is 11.5. The summed E-state index contributed by atoms with van der Waals surface area (Å²) in [4.78, 5) is 0. The summed E-state index contributed by atoms with van der Waals surface area (Å²) in [6.07, 6.45) is 5.34. The first-order valence-corrected chi connectivity index (χ1v) is 6.67. The van der Waals surface area contributed by atoms with Crippen LogP contribution in [-0.2, 0) is 35.8 Å². The molecule has 0 aromatic heterocycles. The van der Waals surface area contributed by atoms with Gasteiger partial charge < -0.3 is 10.2 Å². The third-order valence-corrected chi connectivity index (χ3v) is 3.18. The molecule has 1 aromatic rings. The number of benzene rings is 1. The average molecular weight is 293 g/mol. The minimum atomic E-state index is -0.268. The second-order valence-electron chi connectivity index (χ2n) is 4.54. The topological polar surface area (TPSA) is 46.1 Å². The molecule has 0 aliphatic carbocycles. The predicted octanol–water partition coefficient (Wildman–Crippen LogP) is 2.69. The largest absolute Gasteiger partial charge is 2.00 e. The number of hydrogen-bond donors (Lipinski definition) is 0. The molecule has 0 heterocycles. The van der Waals surface area contributed by atoms with Crippen LogP contribution in [0.25, 0.3) is 0 Å². The molecule has 0 amide bonds. The molecule has 0 aliphatic rings. The maximum atomic E-state index is 12.0. The molecule has 0 spiro atoms. The quantitative estimate of drug-likeness (QED) is 0.757. The molecule has 1 rings (SSSR count). The van der Waals surface area contributed by atoms with E-state index in [0.29, 0.717) is 6.42 Å². The first kappa shape index (κ1) is 17.3. The summed E-state index contributed by atoms with van der Waals surface area (Å²) in [7, 11) is 0. The molecule has 0 atom stereocenters. The fraction of sp³-hybridized carbons (Fsp3) is 0.600. The molecule has 0 N–H and O–H groups in total. The van der Waals surface area contributed by atoms with Crippen molar-refractivity contribution in [3.8, 4) is 11.5 Å². The van der Waals surface area contributed by atoms with Gasteiger partial charge in [-0.2, -0.15) is 0 Å². The Hall–Kier alpha value is -0.686. The van der Waals surface area contributed by atoms with Crippen molar-refractivity contribution in [3.63, 3.8) is 0 Å². The van der Waals surface area contributed by atoms with Crippen molar-refractivity contribution in [2.24, 2.45) is 0 Å². The molecule has 1 aromatic carbocycles. The molecular formula is C15H22NiO2. The van der Waals surface area contributed by atoms with Gasteiger partial charge in [0.05, 0.1) is 0 Å². The molecule has 18 heavy (non-hydrogen) atoms. The summed E-state index contributed by atoms with van der Waals surface area (Å²) in [6.45, 7) is 6.14. The molecule has 0 saturated heterocycles. The number of aryl methyl sites for hydroxylation is 2. The summed E-state index contributed by atoms with van der Waals surface area (Å²) in [5.74, 6) is -0.528. The molecular weight excluding hydrogens is 271 g/mol. The van der Waals surface area contributed by atoms with Gasteiger partial charge in [0.1, 0.15) is 0 Å². The van der Waals surface area contributed by atoms with Crippen molar-refractivity contribution in [1.29, 1.82) is 0 Å². The van der Waals surface area contributed by atoms with Gasteiger partial charge in [-0.15, -0.1) is 11.5 Å². The summed E-state index contributed by atoms with van der Waals surface area (Å²) in [5, 5.41) is 23.9. The normalized spacial score (nSPS) is 10.2. The standard InChI is InChI=1S/C15H24O2.Ni/c1-4-7-9-12-10-11(8-5-2)13(6-3)15(17)14(12)16;/h10,16-17H,4-9H2,1-3H3;/q;+2/p-2. The van der Waals surface area contributed by atoms with E-state index >= 15 is 0 Å². The van der Waals surface area contributed by atoms with Gasteiger partial charge in [-0.05, 0) is 31.2 Å². The van der Waals surface area contributed by atoms with Crippen molar-refractivity contribution >= 4 is 0 Å². The Morgan fingerprint density at radius 2 is 1.56 bits per heavy atom. The molecule has 0 saturated carbocycles. The monoisotopic (exact) mass is 292 g/mol. The van der Waals surface area contributed by atoms with E-state index < -0.39 is 0 Å². The van der Waals surface area contributed by atoms with E-state index in [1.807, 2.05) is 13.0 Å². The second-order valence-corrected chi connectivity index (χ2v) is 4.54. The Morgan fingerprint density at radius 3 is 2.06 bits per heavy atom. The van der Waals surface area contributed by atoms with E-state index in [4.69, 9.17) is 0 Å². The number of unbranched alkanes of at least 4 members (excludes halogenated alkanes) is 1. The van der Waals surface area contributed by atoms with Crippen LogP contribution in [0, 0.1) is 0 Å². The van der Waals surface area contributed by atoms with Gasteiger partial charge in [0.25, 0.3) is 0 Å². The van der Waals surface area contributed by atoms with Crippen LogP contribution in [0.3, 0.4) is 0 Å². The Kier molecular flexibility index (Phi) is 8.10. The van der Waals surface area contributed by atoms with Crippen LogP contribution in [0.15, 0.2) is 6.07 Å². The SMILES string of the molecule is CCCCc1cc(CCC)c(CC)c([O-])c1[O-].[Ni+2]. The van der Waals surface area contributed by atoms with Gasteiger partial charge in [-0.25, -0.2) is 0 Å². The maximum absolute atomic E-state index is 12.0. The fourth-order valence-corrected chi connectivity index (χ4v) is 2.22. The predicted molar refractivity (Wildman–Crippen MR) is 67.3 cm³/mol. The first-order chi connectivity index (χ1) is 8.15. The third-order valence-electron chi connectivity index (χ3n) is 3.18. The van der Waals surface area contributed by atoms with Crippen LogP contribution < -0.4 is 10.2 Å². The minimum absolute atomic E-state index is 0. The summed E-state index contributed by atoms with van der Waals surface area (Å²) < 4.78 is 0. The van der Waals surface area contributed by atoms with E-state index in [9.17, 15) is 10.2 Å². The molecule has 0 bridgehead atoms. The van der Waals surface area contributed by atoms with Gasteiger partial charge in [0, 0.05) is 0 Å². The van der Waals surface area contributed by atoms with Crippen molar-refractivity contribution in [2.45, 2.75) is 59.3 Å². The van der Waals surface area contributed by atoms with Crippen molar-refractivity contribution in [3.05, 3.63) is 22.8 Å². The van der Waals surface area contributed by atoms with Crippen LogP contribution in [0.2, 0.25) is 0 Å². The average Bonchev–Trinajstić information content (AvgIpc) is 2.32. The summed E-state index contributed by atoms with van der Waals surface area (Å²) >= 11 is 0. The molecule has 0 aliphatic heterocycles. The molecule has 104 valence electrons. The minimum Gasteiger partial charge on any atom is -0.873 e. The maximum Gasteiger partial charge on any atom is 2.00 e. The number of rotatable bonds is 6. The van der Waals surface area contributed by atoms with Crippen LogP contribution in [0.4, 0.5) is 0 Å². The van der Waals surface area contributed by atoms with Crippen molar-refractivity contribution in [1.82, 2.24) is 0 Å². The van der Waals surface area contributed by atoms with E-state index in [-0.39, 0.29) is 28.0 Å². The van der Waals surface area contributed by atoms with E-state index in [0.717, 1.165) is 48.8 Å². The Balaban J connectivity index is 0.00000289. The zero-order chi connectivity index (χ0) is 12.8. The Morgan fingerprint density at radius 1 is 0.889 bits per heavy atom. The van der Waals surface area contributed by atoms with Gasteiger partial charge >= 0.3 is 16.5 Å². The van der Waals surface area contributed by atoms with Crippen LogP contribution in [-0.4, -0.2) is 0 Å². The molecule has 2 nitrogen and oxygen atoms in total. The van der Waals surface area contributed by atoms with Crippen LogP contribution in [0.5, 0.6) is 11.5 Å². The number of hydrogen-bond acceptors (Lipinski definition) is 2. The van der Waals surface area contributed by atoms with E-state index in [2.05, 4.69) is 13.8 Å². The van der Waals surface area contributed by atoms with Gasteiger partial charge in [-0.1, -0.05) is 50.8 Å². The fourth-order valence-electron chi connectivity index (χ4n) is 2.22. The third kappa shape index (κ3) is 3.91. The van der Waals surface area contributed by atoms with E-state index in [1.165, 1.54) is 0 Å². The summed E-state index contributed by atoms with van der Waals surface area (Å²) in [6, 6.07) is 1.97. The zero-order valence-corrected chi connectivity index (χ0v) is 12.4. The molecule has 0 unspecified atom stereocenters. The van der Waals surface area contributed by atoms with Crippen molar-refractivity contribution < 1.29 is 26.7 Å². The summed E-state index contributed by atoms with van der Waals surface area (Å²) in [5.41, 5.74) is 2.54.